The Kier molecular flexibility index (Phi) is 5.27. The first-order valence-corrected chi connectivity index (χ1v) is 7.31. The number of hydrogen-bond donors (Lipinski definition) is 1. The number of aryl methyl sites for hydroxylation is 1. The van der Waals surface area contributed by atoms with Crippen LogP contribution in [0.15, 0.2) is 36.4 Å². The maximum Gasteiger partial charge on any atom is 0.265 e. The Labute approximate surface area is 138 Å². The Morgan fingerprint density at radius 1 is 1.18 bits per heavy atom. The van der Waals surface area contributed by atoms with E-state index in [2.05, 4.69) is 5.32 Å². The number of amides is 1. The van der Waals surface area contributed by atoms with Crippen LogP contribution in [-0.4, -0.2) is 12.0 Å². The van der Waals surface area contributed by atoms with E-state index in [4.69, 9.17) is 27.9 Å². The fourth-order valence-corrected chi connectivity index (χ4v) is 2.11. The molecule has 0 radical (unpaired) electrons. The van der Waals surface area contributed by atoms with Crippen LogP contribution >= 0.6 is 23.2 Å². The van der Waals surface area contributed by atoms with E-state index in [1.54, 1.807) is 25.1 Å². The number of carbonyl (C=O) groups excluding carboxylic acids is 1. The standard InChI is InChI=1S/C16H14Cl2FNO2/c1-9-7-12(4-5-13(9)17)22-10(2)16(21)20-15-6-3-11(19)8-14(15)18/h3-8,10H,1-2H3,(H,20,21). The monoisotopic (exact) mass is 341 g/mol. The van der Waals surface area contributed by atoms with Gasteiger partial charge in [0.05, 0.1) is 10.7 Å². The van der Waals surface area contributed by atoms with Crippen LogP contribution in [0.3, 0.4) is 0 Å². The minimum Gasteiger partial charge on any atom is -0.481 e. The molecule has 1 amide bonds. The molecule has 2 aromatic rings. The van der Waals surface area contributed by atoms with Crippen molar-refractivity contribution < 1.29 is 13.9 Å². The Morgan fingerprint density at radius 2 is 1.91 bits per heavy atom. The molecule has 1 unspecified atom stereocenters. The molecule has 22 heavy (non-hydrogen) atoms. The topological polar surface area (TPSA) is 38.3 Å². The van der Waals surface area contributed by atoms with Gasteiger partial charge in [-0.05, 0) is 55.8 Å². The Morgan fingerprint density at radius 3 is 2.55 bits per heavy atom. The van der Waals surface area contributed by atoms with Crippen molar-refractivity contribution in [3.05, 3.63) is 57.8 Å². The highest BCUT2D eigenvalue weighted by Crippen LogP contribution is 2.24. The molecule has 2 aromatic carbocycles. The molecule has 6 heteroatoms. The lowest BCUT2D eigenvalue weighted by Crippen LogP contribution is -2.30. The molecule has 0 fully saturated rings. The normalized spacial score (nSPS) is 11.9. The van der Waals surface area contributed by atoms with Gasteiger partial charge in [-0.1, -0.05) is 23.2 Å². The SMILES string of the molecule is Cc1cc(OC(C)C(=O)Nc2ccc(F)cc2Cl)ccc1Cl. The first-order valence-electron chi connectivity index (χ1n) is 6.55. The number of ether oxygens (including phenoxy) is 1. The van der Waals surface area contributed by atoms with Crippen LogP contribution in [0.1, 0.15) is 12.5 Å². The zero-order chi connectivity index (χ0) is 16.3. The van der Waals surface area contributed by atoms with Gasteiger partial charge in [-0.2, -0.15) is 0 Å². The molecule has 1 N–H and O–H groups in total. The van der Waals surface area contributed by atoms with Gasteiger partial charge in [0.2, 0.25) is 0 Å². The van der Waals surface area contributed by atoms with E-state index in [0.717, 1.165) is 11.6 Å². The Hall–Kier alpha value is -1.78. The van der Waals surface area contributed by atoms with E-state index in [9.17, 15) is 9.18 Å². The smallest absolute Gasteiger partial charge is 0.265 e. The first kappa shape index (κ1) is 16.6. The summed E-state index contributed by atoms with van der Waals surface area (Å²) in [6.45, 7) is 3.45. The van der Waals surface area contributed by atoms with E-state index >= 15 is 0 Å². The Balaban J connectivity index is 2.04. The number of anilines is 1. The molecule has 0 saturated carbocycles. The predicted molar refractivity (Wildman–Crippen MR) is 86.3 cm³/mol. The summed E-state index contributed by atoms with van der Waals surface area (Å²) >= 11 is 11.8. The fourth-order valence-electron chi connectivity index (χ4n) is 1.77. The first-order chi connectivity index (χ1) is 10.4. The van der Waals surface area contributed by atoms with Crippen LogP contribution in [0.25, 0.3) is 0 Å². The van der Waals surface area contributed by atoms with Gasteiger partial charge >= 0.3 is 0 Å². The van der Waals surface area contributed by atoms with Crippen molar-refractivity contribution in [2.45, 2.75) is 20.0 Å². The second kappa shape index (κ2) is 6.99. The number of carbonyl (C=O) groups is 1. The minimum atomic E-state index is -0.748. The lowest BCUT2D eigenvalue weighted by molar-refractivity contribution is -0.122. The van der Waals surface area contributed by atoms with Crippen LogP contribution in [0, 0.1) is 12.7 Å². The van der Waals surface area contributed by atoms with Crippen molar-refractivity contribution in [1.82, 2.24) is 0 Å². The number of benzene rings is 2. The van der Waals surface area contributed by atoms with Crippen LogP contribution in [0.5, 0.6) is 5.75 Å². The third kappa shape index (κ3) is 4.12. The summed E-state index contributed by atoms with van der Waals surface area (Å²) in [5, 5.41) is 3.35. The summed E-state index contributed by atoms with van der Waals surface area (Å²) in [4.78, 5) is 12.1. The van der Waals surface area contributed by atoms with Gasteiger partial charge in [0.1, 0.15) is 11.6 Å². The average molecular weight is 342 g/mol. The van der Waals surface area contributed by atoms with Gasteiger partial charge in [0.25, 0.3) is 5.91 Å². The van der Waals surface area contributed by atoms with Crippen molar-refractivity contribution in [3.8, 4) is 5.75 Å². The maximum absolute atomic E-state index is 13.0. The lowest BCUT2D eigenvalue weighted by atomic mass is 10.2. The van der Waals surface area contributed by atoms with Gasteiger partial charge in [0.15, 0.2) is 6.10 Å². The molecule has 0 bridgehead atoms. The lowest BCUT2D eigenvalue weighted by Gasteiger charge is -2.16. The number of hydrogen-bond acceptors (Lipinski definition) is 2. The van der Waals surface area contributed by atoms with E-state index in [0.29, 0.717) is 16.5 Å². The van der Waals surface area contributed by atoms with Crippen LogP contribution < -0.4 is 10.1 Å². The van der Waals surface area contributed by atoms with Crippen molar-refractivity contribution in [1.29, 1.82) is 0 Å². The van der Waals surface area contributed by atoms with E-state index in [-0.39, 0.29) is 10.9 Å². The summed E-state index contributed by atoms with van der Waals surface area (Å²) in [5.41, 5.74) is 1.18. The minimum absolute atomic E-state index is 0.128. The summed E-state index contributed by atoms with van der Waals surface area (Å²) in [5.74, 6) is -0.320. The van der Waals surface area contributed by atoms with Gasteiger partial charge in [-0.25, -0.2) is 4.39 Å². The largest absolute Gasteiger partial charge is 0.481 e. The highest BCUT2D eigenvalue weighted by atomic mass is 35.5. The van der Waals surface area contributed by atoms with Crippen LogP contribution in [0.2, 0.25) is 10.0 Å². The highest BCUT2D eigenvalue weighted by molar-refractivity contribution is 6.33. The van der Waals surface area contributed by atoms with E-state index in [1.165, 1.54) is 12.1 Å². The van der Waals surface area contributed by atoms with Crippen LogP contribution in [-0.2, 0) is 4.79 Å². The number of rotatable bonds is 4. The predicted octanol–water partition coefficient (Wildman–Crippen LogP) is 4.85. The van der Waals surface area contributed by atoms with Gasteiger partial charge in [-0.15, -0.1) is 0 Å². The van der Waals surface area contributed by atoms with Gasteiger partial charge < -0.3 is 10.1 Å². The second-order valence-corrected chi connectivity index (χ2v) is 5.60. The molecule has 0 saturated heterocycles. The highest BCUT2D eigenvalue weighted by Gasteiger charge is 2.16. The van der Waals surface area contributed by atoms with Crippen LogP contribution in [0.4, 0.5) is 10.1 Å². The summed E-state index contributed by atoms with van der Waals surface area (Å²) in [7, 11) is 0. The third-order valence-electron chi connectivity index (χ3n) is 3.00. The summed E-state index contributed by atoms with van der Waals surface area (Å²) < 4.78 is 18.5. The fraction of sp³-hybridized carbons (Fsp3) is 0.188. The molecule has 0 spiro atoms. The maximum atomic E-state index is 13.0. The molecule has 2 rings (SSSR count). The molecule has 1 atom stereocenters. The zero-order valence-electron chi connectivity index (χ0n) is 12.0. The van der Waals surface area contributed by atoms with Crippen molar-refractivity contribution in [2.24, 2.45) is 0 Å². The number of halogens is 3. The van der Waals surface area contributed by atoms with E-state index < -0.39 is 11.9 Å². The molecule has 0 heterocycles. The molecule has 116 valence electrons. The molecular weight excluding hydrogens is 328 g/mol. The van der Waals surface area contributed by atoms with Crippen molar-refractivity contribution >= 4 is 34.8 Å². The molecule has 0 aromatic heterocycles. The van der Waals surface area contributed by atoms with Gasteiger partial charge in [0, 0.05) is 5.02 Å². The average Bonchev–Trinajstić information content (AvgIpc) is 2.45. The second-order valence-electron chi connectivity index (χ2n) is 4.78. The number of nitrogens with one attached hydrogen (secondary N) is 1. The molecule has 0 aliphatic carbocycles. The van der Waals surface area contributed by atoms with Crippen molar-refractivity contribution in [2.75, 3.05) is 5.32 Å². The molecule has 0 aliphatic heterocycles. The summed E-state index contributed by atoms with van der Waals surface area (Å²) in [6, 6.07) is 8.88. The third-order valence-corrected chi connectivity index (χ3v) is 3.74. The van der Waals surface area contributed by atoms with Crippen molar-refractivity contribution in [3.63, 3.8) is 0 Å². The quantitative estimate of drug-likeness (QED) is 0.863. The molecule has 0 aliphatic rings. The zero-order valence-corrected chi connectivity index (χ0v) is 13.5. The molecule has 3 nitrogen and oxygen atoms in total. The van der Waals surface area contributed by atoms with Gasteiger partial charge in [-0.3, -0.25) is 4.79 Å². The van der Waals surface area contributed by atoms with E-state index in [1.807, 2.05) is 6.92 Å². The Bertz CT molecular complexity index is 707. The molecular formula is C16H14Cl2FNO2. The summed E-state index contributed by atoms with van der Waals surface area (Å²) in [6.07, 6.45) is -0.748.